The monoisotopic (exact) mass is 143 g/mol. The van der Waals surface area contributed by atoms with Gasteiger partial charge in [0.1, 0.15) is 6.04 Å². The Morgan fingerprint density at radius 2 is 2.00 bits per heavy atom. The minimum atomic E-state index is -0.625. The molecule has 0 aromatic heterocycles. The van der Waals surface area contributed by atoms with E-state index in [0.29, 0.717) is 12.3 Å². The summed E-state index contributed by atoms with van der Waals surface area (Å²) in [5.41, 5.74) is 0. The van der Waals surface area contributed by atoms with Crippen LogP contribution in [0.3, 0.4) is 0 Å². The summed E-state index contributed by atoms with van der Waals surface area (Å²) in [6.07, 6.45) is 0.568. The van der Waals surface area contributed by atoms with Crippen molar-refractivity contribution >= 4 is 5.78 Å². The quantitative estimate of drug-likeness (QED) is 0.563. The first kappa shape index (κ1) is 9.27. The number of hydrogen-bond donors (Lipinski definition) is 0. The van der Waals surface area contributed by atoms with Crippen molar-refractivity contribution in [1.82, 2.24) is 0 Å². The van der Waals surface area contributed by atoms with E-state index in [9.17, 15) is 9.70 Å². The number of nitrogens with zero attached hydrogens (tertiary/aromatic N) is 1. The molecule has 0 saturated heterocycles. The van der Waals surface area contributed by atoms with E-state index in [2.05, 4.69) is 5.18 Å². The number of Topliss-reactive ketones (excluding diaryl/α,β-unsaturated/α-hetero) is 1. The highest BCUT2D eigenvalue weighted by atomic mass is 16.3. The molecule has 0 aromatic carbocycles. The Morgan fingerprint density at radius 3 is 2.10 bits per heavy atom. The molecule has 0 radical (unpaired) electrons. The van der Waals surface area contributed by atoms with Gasteiger partial charge in [0.2, 0.25) is 0 Å². The maximum absolute atomic E-state index is 10.6. The number of hydrogen-bond acceptors (Lipinski definition) is 3. The number of ketones is 1. The van der Waals surface area contributed by atoms with E-state index in [0.717, 1.165) is 0 Å². The van der Waals surface area contributed by atoms with E-state index in [1.54, 1.807) is 0 Å². The molecule has 0 saturated carbocycles. The standard InChI is InChI=1S/C7H13NO2/c1-5(2)4-7(8-10)6(3)9/h5,7H,4H2,1-3H3. The van der Waals surface area contributed by atoms with Crippen molar-refractivity contribution in [3.63, 3.8) is 0 Å². The molecular weight excluding hydrogens is 130 g/mol. The van der Waals surface area contributed by atoms with Gasteiger partial charge in [-0.1, -0.05) is 19.0 Å². The van der Waals surface area contributed by atoms with Gasteiger partial charge in [-0.2, -0.15) is 4.91 Å². The molecule has 0 spiro atoms. The van der Waals surface area contributed by atoms with Crippen molar-refractivity contribution in [3.05, 3.63) is 4.91 Å². The number of rotatable bonds is 4. The highest BCUT2D eigenvalue weighted by Crippen LogP contribution is 2.08. The van der Waals surface area contributed by atoms with Gasteiger partial charge in [-0.25, -0.2) is 0 Å². The Morgan fingerprint density at radius 1 is 1.50 bits per heavy atom. The van der Waals surface area contributed by atoms with Crippen molar-refractivity contribution in [2.45, 2.75) is 33.2 Å². The van der Waals surface area contributed by atoms with Crippen molar-refractivity contribution in [2.75, 3.05) is 0 Å². The average molecular weight is 143 g/mol. The van der Waals surface area contributed by atoms with Crippen LogP contribution in [0.15, 0.2) is 5.18 Å². The molecule has 58 valence electrons. The predicted octanol–water partition coefficient (Wildman–Crippen LogP) is 1.76. The molecule has 0 heterocycles. The second kappa shape index (κ2) is 4.14. The first-order chi connectivity index (χ1) is 4.57. The first-order valence-electron chi connectivity index (χ1n) is 3.40. The van der Waals surface area contributed by atoms with Gasteiger partial charge in [-0.15, -0.1) is 0 Å². The molecule has 0 aromatic rings. The van der Waals surface area contributed by atoms with Crippen molar-refractivity contribution in [2.24, 2.45) is 11.1 Å². The molecule has 0 fully saturated rings. The highest BCUT2D eigenvalue weighted by molar-refractivity contribution is 5.81. The molecule has 3 nitrogen and oxygen atoms in total. The smallest absolute Gasteiger partial charge is 0.157 e. The maximum Gasteiger partial charge on any atom is 0.157 e. The Balaban J connectivity index is 3.83. The lowest BCUT2D eigenvalue weighted by molar-refractivity contribution is -0.118. The lowest BCUT2D eigenvalue weighted by atomic mass is 10.0. The fourth-order valence-corrected chi connectivity index (χ4v) is 0.730. The summed E-state index contributed by atoms with van der Waals surface area (Å²) in [6.45, 7) is 5.32. The van der Waals surface area contributed by atoms with E-state index in [4.69, 9.17) is 0 Å². The van der Waals surface area contributed by atoms with E-state index in [1.165, 1.54) is 6.92 Å². The zero-order valence-electron chi connectivity index (χ0n) is 6.63. The topological polar surface area (TPSA) is 46.5 Å². The Bertz CT molecular complexity index is 132. The van der Waals surface area contributed by atoms with Crippen LogP contribution < -0.4 is 0 Å². The fourth-order valence-electron chi connectivity index (χ4n) is 0.730. The SMILES string of the molecule is CC(=O)C(CC(C)C)N=O. The largest absolute Gasteiger partial charge is 0.297 e. The van der Waals surface area contributed by atoms with Crippen LogP contribution in [0.4, 0.5) is 0 Å². The number of carbonyl (C=O) groups is 1. The zero-order chi connectivity index (χ0) is 8.15. The first-order valence-corrected chi connectivity index (χ1v) is 3.40. The normalized spacial score (nSPS) is 13.2. The van der Waals surface area contributed by atoms with E-state index < -0.39 is 6.04 Å². The Kier molecular flexibility index (Phi) is 3.84. The third-order valence-electron chi connectivity index (χ3n) is 1.29. The van der Waals surface area contributed by atoms with Gasteiger partial charge in [0.25, 0.3) is 0 Å². The highest BCUT2D eigenvalue weighted by Gasteiger charge is 2.15. The maximum atomic E-state index is 10.6. The lowest BCUT2D eigenvalue weighted by Crippen LogP contribution is -2.16. The molecule has 0 aliphatic heterocycles. The van der Waals surface area contributed by atoms with Gasteiger partial charge in [0.15, 0.2) is 5.78 Å². The van der Waals surface area contributed by atoms with Gasteiger partial charge in [0.05, 0.1) is 0 Å². The molecular formula is C7H13NO2. The van der Waals surface area contributed by atoms with Crippen molar-refractivity contribution in [1.29, 1.82) is 0 Å². The van der Waals surface area contributed by atoms with Crippen molar-refractivity contribution in [3.8, 4) is 0 Å². The van der Waals surface area contributed by atoms with Gasteiger partial charge in [-0.3, -0.25) is 4.79 Å². The van der Waals surface area contributed by atoms with Crippen LogP contribution in [0.25, 0.3) is 0 Å². The summed E-state index contributed by atoms with van der Waals surface area (Å²) >= 11 is 0. The van der Waals surface area contributed by atoms with Gasteiger partial charge in [0, 0.05) is 0 Å². The van der Waals surface area contributed by atoms with Crippen LogP contribution >= 0.6 is 0 Å². The zero-order valence-corrected chi connectivity index (χ0v) is 6.63. The van der Waals surface area contributed by atoms with E-state index in [-0.39, 0.29) is 5.78 Å². The molecule has 1 atom stereocenters. The number of carbonyl (C=O) groups excluding carboxylic acids is 1. The number of nitroso groups, excluding NO2 is 1. The van der Waals surface area contributed by atoms with Crippen LogP contribution in [0.2, 0.25) is 0 Å². The summed E-state index contributed by atoms with van der Waals surface area (Å²) < 4.78 is 0. The summed E-state index contributed by atoms with van der Waals surface area (Å²) in [7, 11) is 0. The minimum absolute atomic E-state index is 0.135. The molecule has 0 bridgehead atoms. The molecule has 3 heteroatoms. The lowest BCUT2D eigenvalue weighted by Gasteiger charge is -2.06. The van der Waals surface area contributed by atoms with E-state index >= 15 is 0 Å². The minimum Gasteiger partial charge on any atom is -0.297 e. The predicted molar refractivity (Wildman–Crippen MR) is 39.7 cm³/mol. The van der Waals surface area contributed by atoms with Crippen molar-refractivity contribution < 1.29 is 4.79 Å². The summed E-state index contributed by atoms with van der Waals surface area (Å²) in [5.74, 6) is 0.218. The van der Waals surface area contributed by atoms with Crippen LogP contribution in [-0.4, -0.2) is 11.8 Å². The molecule has 0 aliphatic rings. The molecule has 0 amide bonds. The van der Waals surface area contributed by atoms with E-state index in [1.807, 2.05) is 13.8 Å². The Hall–Kier alpha value is -0.730. The van der Waals surface area contributed by atoms with Crippen LogP contribution in [0.5, 0.6) is 0 Å². The second-order valence-corrected chi connectivity index (χ2v) is 2.86. The molecule has 1 unspecified atom stereocenters. The second-order valence-electron chi connectivity index (χ2n) is 2.86. The molecule has 10 heavy (non-hydrogen) atoms. The third-order valence-corrected chi connectivity index (χ3v) is 1.29. The fraction of sp³-hybridized carbons (Fsp3) is 0.857. The molecule has 0 aliphatic carbocycles. The van der Waals surface area contributed by atoms with Gasteiger partial charge >= 0.3 is 0 Å². The Labute approximate surface area is 60.8 Å². The van der Waals surface area contributed by atoms with Crippen LogP contribution in [0, 0.1) is 10.8 Å². The molecule has 0 rings (SSSR count). The van der Waals surface area contributed by atoms with Gasteiger partial charge in [-0.05, 0) is 19.3 Å². The third kappa shape index (κ3) is 3.33. The average Bonchev–Trinajstić information content (AvgIpc) is 1.81. The summed E-state index contributed by atoms with van der Waals surface area (Å²) in [5, 5.41) is 2.73. The van der Waals surface area contributed by atoms with Gasteiger partial charge < -0.3 is 0 Å². The van der Waals surface area contributed by atoms with Crippen LogP contribution in [-0.2, 0) is 4.79 Å². The van der Waals surface area contributed by atoms with Crippen LogP contribution in [0.1, 0.15) is 27.2 Å². The summed E-state index contributed by atoms with van der Waals surface area (Å²) in [6, 6.07) is -0.625. The summed E-state index contributed by atoms with van der Waals surface area (Å²) in [4.78, 5) is 20.6. The molecule has 0 N–H and O–H groups in total.